The predicted octanol–water partition coefficient (Wildman–Crippen LogP) is 0.452. The maximum absolute atomic E-state index is 12.4. The van der Waals surface area contributed by atoms with Crippen molar-refractivity contribution in [3.63, 3.8) is 0 Å². The predicted molar refractivity (Wildman–Crippen MR) is 78.6 cm³/mol. The summed E-state index contributed by atoms with van der Waals surface area (Å²) in [5.41, 5.74) is 5.61. The van der Waals surface area contributed by atoms with Crippen LogP contribution in [0.4, 0.5) is 5.69 Å². The van der Waals surface area contributed by atoms with Gasteiger partial charge in [-0.1, -0.05) is 0 Å². The van der Waals surface area contributed by atoms with E-state index in [1.54, 1.807) is 6.92 Å². The molecule has 21 heavy (non-hydrogen) atoms. The van der Waals surface area contributed by atoms with Crippen molar-refractivity contribution in [3.05, 3.63) is 18.2 Å². The molecule has 0 heterocycles. The summed E-state index contributed by atoms with van der Waals surface area (Å²) >= 11 is 0. The van der Waals surface area contributed by atoms with Gasteiger partial charge >= 0.3 is 0 Å². The van der Waals surface area contributed by atoms with Gasteiger partial charge in [0.15, 0.2) is 9.84 Å². The lowest BCUT2D eigenvalue weighted by atomic mass is 10.2. The van der Waals surface area contributed by atoms with Crippen LogP contribution in [-0.4, -0.2) is 41.0 Å². The Hall–Kier alpha value is -1.63. The number of hydrogen-bond acceptors (Lipinski definition) is 6. The van der Waals surface area contributed by atoms with E-state index >= 15 is 0 Å². The van der Waals surface area contributed by atoms with Crippen LogP contribution < -0.4 is 5.73 Å². The minimum atomic E-state index is -3.96. The van der Waals surface area contributed by atoms with Crippen LogP contribution in [0.15, 0.2) is 28.0 Å². The highest BCUT2D eigenvalue weighted by Crippen LogP contribution is 2.25. The lowest BCUT2D eigenvalue weighted by molar-refractivity contribution is 0.439. The molecule has 0 bridgehead atoms. The number of nitrogens with zero attached hydrogens (tertiary/aromatic N) is 2. The molecule has 1 rings (SSSR count). The Balaban J connectivity index is 3.35. The zero-order chi connectivity index (χ0) is 16.4. The highest BCUT2D eigenvalue weighted by molar-refractivity contribution is 7.91. The fraction of sp³-hybridized carbons (Fsp3) is 0.417. The molecule has 2 N–H and O–H groups in total. The maximum Gasteiger partial charge on any atom is 0.244 e. The van der Waals surface area contributed by atoms with Gasteiger partial charge in [0.05, 0.1) is 22.6 Å². The summed E-state index contributed by atoms with van der Waals surface area (Å²) in [6.45, 7) is 1.57. The standard InChI is InChI=1S/C12H17N3O4S2/c1-9(7-13)8-15(2)21(18,19)12-6-10(20(3,16)17)4-5-11(12)14/h4-6,9H,8,14H2,1-3H3. The number of benzene rings is 1. The molecule has 116 valence electrons. The number of sulfone groups is 1. The summed E-state index contributed by atoms with van der Waals surface area (Å²) in [6, 6.07) is 5.46. The first-order valence-corrected chi connectivity index (χ1v) is 9.29. The van der Waals surface area contributed by atoms with Crippen LogP contribution in [0.25, 0.3) is 0 Å². The van der Waals surface area contributed by atoms with E-state index in [9.17, 15) is 16.8 Å². The van der Waals surface area contributed by atoms with E-state index < -0.39 is 25.8 Å². The molecule has 1 unspecified atom stereocenters. The Morgan fingerprint density at radius 2 is 1.90 bits per heavy atom. The van der Waals surface area contributed by atoms with Gasteiger partial charge in [-0.05, 0) is 25.1 Å². The van der Waals surface area contributed by atoms with Crippen molar-refractivity contribution in [1.29, 1.82) is 5.26 Å². The summed E-state index contributed by atoms with van der Waals surface area (Å²) in [5, 5.41) is 8.75. The molecule has 0 saturated heterocycles. The number of nitrogen functional groups attached to an aromatic ring is 1. The zero-order valence-corrected chi connectivity index (χ0v) is 13.6. The number of sulfonamides is 1. The van der Waals surface area contributed by atoms with Crippen LogP contribution in [0.1, 0.15) is 6.92 Å². The third-order valence-electron chi connectivity index (χ3n) is 2.85. The van der Waals surface area contributed by atoms with Gasteiger partial charge in [0.25, 0.3) is 0 Å². The van der Waals surface area contributed by atoms with Crippen molar-refractivity contribution >= 4 is 25.5 Å². The van der Waals surface area contributed by atoms with E-state index in [-0.39, 0.29) is 22.0 Å². The van der Waals surface area contributed by atoms with E-state index in [1.165, 1.54) is 19.2 Å². The smallest absolute Gasteiger partial charge is 0.244 e. The number of hydrogen-bond donors (Lipinski definition) is 1. The molecule has 0 aliphatic carbocycles. The number of rotatable bonds is 5. The average molecular weight is 331 g/mol. The SMILES string of the molecule is CC(C#N)CN(C)S(=O)(=O)c1cc(S(C)(=O)=O)ccc1N. The van der Waals surface area contributed by atoms with Gasteiger partial charge in [0.2, 0.25) is 10.0 Å². The van der Waals surface area contributed by atoms with Crippen LogP contribution in [0, 0.1) is 17.2 Å². The van der Waals surface area contributed by atoms with E-state index in [2.05, 4.69) is 0 Å². The highest BCUT2D eigenvalue weighted by atomic mass is 32.2. The molecule has 0 radical (unpaired) electrons. The molecule has 0 amide bonds. The van der Waals surface area contributed by atoms with E-state index in [0.717, 1.165) is 16.6 Å². The second-order valence-electron chi connectivity index (χ2n) is 4.79. The molecule has 9 heteroatoms. The second-order valence-corrected chi connectivity index (χ2v) is 8.82. The normalized spacial score (nSPS) is 13.9. The Bertz CT molecular complexity index is 779. The molecule has 0 aliphatic heterocycles. The molecule has 0 aliphatic rings. The topological polar surface area (TPSA) is 121 Å². The van der Waals surface area contributed by atoms with Gasteiger partial charge in [-0.2, -0.15) is 9.57 Å². The van der Waals surface area contributed by atoms with E-state index in [1.807, 2.05) is 6.07 Å². The van der Waals surface area contributed by atoms with Crippen molar-refractivity contribution in [1.82, 2.24) is 4.31 Å². The monoisotopic (exact) mass is 331 g/mol. The third-order valence-corrected chi connectivity index (χ3v) is 5.84. The summed E-state index contributed by atoms with van der Waals surface area (Å²) in [6.07, 6.45) is 0.983. The van der Waals surface area contributed by atoms with Gasteiger partial charge in [0, 0.05) is 19.8 Å². The summed E-state index contributed by atoms with van der Waals surface area (Å²) < 4.78 is 48.9. The Labute approximate surface area is 124 Å². The zero-order valence-electron chi connectivity index (χ0n) is 11.9. The van der Waals surface area contributed by atoms with Crippen molar-refractivity contribution in [2.24, 2.45) is 5.92 Å². The quantitative estimate of drug-likeness (QED) is 0.782. The molecule has 0 aromatic heterocycles. The first-order chi connectivity index (χ1) is 9.50. The molecule has 0 spiro atoms. The lowest BCUT2D eigenvalue weighted by Gasteiger charge is -2.19. The summed E-state index contributed by atoms with van der Waals surface area (Å²) in [7, 11) is -6.20. The largest absolute Gasteiger partial charge is 0.398 e. The molecular weight excluding hydrogens is 314 g/mol. The van der Waals surface area contributed by atoms with Crippen molar-refractivity contribution in [2.45, 2.75) is 16.7 Å². The van der Waals surface area contributed by atoms with Crippen molar-refractivity contribution < 1.29 is 16.8 Å². The highest BCUT2D eigenvalue weighted by Gasteiger charge is 2.26. The van der Waals surface area contributed by atoms with Crippen LogP contribution >= 0.6 is 0 Å². The molecule has 1 atom stereocenters. The Morgan fingerprint density at radius 1 is 1.33 bits per heavy atom. The van der Waals surface area contributed by atoms with Crippen LogP contribution in [-0.2, 0) is 19.9 Å². The van der Waals surface area contributed by atoms with Crippen molar-refractivity contribution in [2.75, 3.05) is 25.6 Å². The van der Waals surface area contributed by atoms with Gasteiger partial charge in [0.1, 0.15) is 4.90 Å². The van der Waals surface area contributed by atoms with Gasteiger partial charge in [-0.3, -0.25) is 0 Å². The molecule has 1 aromatic carbocycles. The second kappa shape index (κ2) is 6.01. The van der Waals surface area contributed by atoms with Gasteiger partial charge in [-0.15, -0.1) is 0 Å². The lowest BCUT2D eigenvalue weighted by Crippen LogP contribution is -2.31. The number of nitrogens with two attached hydrogens (primary N) is 1. The average Bonchev–Trinajstić information content (AvgIpc) is 2.37. The van der Waals surface area contributed by atoms with Gasteiger partial charge in [-0.25, -0.2) is 16.8 Å². The Morgan fingerprint density at radius 3 is 2.38 bits per heavy atom. The molecule has 1 aromatic rings. The van der Waals surface area contributed by atoms with Crippen LogP contribution in [0.5, 0.6) is 0 Å². The van der Waals surface area contributed by atoms with E-state index in [0.29, 0.717) is 0 Å². The third kappa shape index (κ3) is 3.93. The van der Waals surface area contributed by atoms with Crippen LogP contribution in [0.3, 0.4) is 0 Å². The van der Waals surface area contributed by atoms with Crippen LogP contribution in [0.2, 0.25) is 0 Å². The number of anilines is 1. The van der Waals surface area contributed by atoms with E-state index in [4.69, 9.17) is 11.0 Å². The summed E-state index contributed by atoms with van der Waals surface area (Å²) in [4.78, 5) is -0.407. The first-order valence-electron chi connectivity index (χ1n) is 5.95. The Kier molecular flexibility index (Phi) is 4.99. The van der Waals surface area contributed by atoms with Crippen molar-refractivity contribution in [3.8, 4) is 6.07 Å². The molecule has 0 fully saturated rings. The molecule has 0 saturated carbocycles. The maximum atomic E-state index is 12.4. The minimum Gasteiger partial charge on any atom is -0.398 e. The fourth-order valence-corrected chi connectivity index (χ4v) is 3.78. The fourth-order valence-electron chi connectivity index (χ4n) is 1.66. The van der Waals surface area contributed by atoms with Gasteiger partial charge < -0.3 is 5.73 Å². The summed E-state index contributed by atoms with van der Waals surface area (Å²) in [5.74, 6) is -0.496. The molecular formula is C12H17N3O4S2. The molecule has 7 nitrogen and oxygen atoms in total. The first kappa shape index (κ1) is 17.4. The minimum absolute atomic E-state index is 0.0125. The number of nitriles is 1.